The molecule has 1 aliphatic rings. The molecule has 4 rings (SSSR count). The van der Waals surface area contributed by atoms with Crippen LogP contribution in [-0.2, 0) is 28.9 Å². The van der Waals surface area contributed by atoms with Crippen molar-refractivity contribution in [2.24, 2.45) is 0 Å². The van der Waals surface area contributed by atoms with Crippen LogP contribution in [0.2, 0.25) is 0 Å². The van der Waals surface area contributed by atoms with Gasteiger partial charge in [-0.3, -0.25) is 14.7 Å². The van der Waals surface area contributed by atoms with Gasteiger partial charge >= 0.3 is 18.4 Å². The van der Waals surface area contributed by atoms with E-state index in [0.29, 0.717) is 35.6 Å². The van der Waals surface area contributed by atoms with Gasteiger partial charge in [-0.05, 0) is 74.7 Å². The van der Waals surface area contributed by atoms with Gasteiger partial charge < -0.3 is 19.9 Å². The van der Waals surface area contributed by atoms with E-state index in [0.717, 1.165) is 11.0 Å². The number of hydrogen-bond donors (Lipinski definition) is 2. The number of urea groups is 1. The molecule has 8 nitrogen and oxygen atoms in total. The van der Waals surface area contributed by atoms with Crippen molar-refractivity contribution < 1.29 is 50.5 Å². The van der Waals surface area contributed by atoms with E-state index in [4.69, 9.17) is 9.47 Å². The highest BCUT2D eigenvalue weighted by Crippen LogP contribution is 2.50. The Labute approximate surface area is 255 Å². The van der Waals surface area contributed by atoms with Crippen LogP contribution in [0.4, 0.5) is 31.1 Å². The van der Waals surface area contributed by atoms with E-state index in [2.05, 4.69) is 10.3 Å². The lowest BCUT2D eigenvalue weighted by Gasteiger charge is -2.33. The minimum Gasteiger partial charge on any atom is -0.489 e. The Morgan fingerprint density at radius 1 is 0.978 bits per heavy atom. The Kier molecular flexibility index (Phi) is 9.11. The van der Waals surface area contributed by atoms with Gasteiger partial charge in [0.05, 0.1) is 24.5 Å². The Balaban J connectivity index is 1.56. The molecule has 1 saturated heterocycles. The van der Waals surface area contributed by atoms with Gasteiger partial charge in [-0.15, -0.1) is 0 Å². The highest BCUT2D eigenvalue weighted by Gasteiger charge is 2.71. The lowest BCUT2D eigenvalue weighted by molar-refractivity contribution is -0.376. The summed E-state index contributed by atoms with van der Waals surface area (Å²) in [6, 6.07) is 10.8. The first-order valence-electron chi connectivity index (χ1n) is 13.9. The molecule has 1 unspecified atom stereocenters. The third-order valence-corrected chi connectivity index (χ3v) is 7.18. The van der Waals surface area contributed by atoms with Gasteiger partial charge in [-0.1, -0.05) is 31.5 Å². The summed E-state index contributed by atoms with van der Waals surface area (Å²) in [5.41, 5.74) is -7.15. The molecule has 3 amide bonds. The van der Waals surface area contributed by atoms with E-state index >= 15 is 0 Å². The minimum atomic E-state index is -6.03. The normalized spacial score (nSPS) is 17.6. The highest BCUT2D eigenvalue weighted by atomic mass is 19.4. The number of ether oxygens (including phenoxy) is 2. The number of hydrogen-bond acceptors (Lipinski definition) is 6. The average Bonchev–Trinajstić information content (AvgIpc) is 3.16. The number of aryl methyl sites for hydroxylation is 1. The van der Waals surface area contributed by atoms with Crippen LogP contribution in [0.15, 0.2) is 60.8 Å². The summed E-state index contributed by atoms with van der Waals surface area (Å²) in [4.78, 5) is 31.6. The number of nitrogens with zero attached hydrogens (tertiary/aromatic N) is 2. The number of aromatic nitrogens is 1. The zero-order valence-corrected chi connectivity index (χ0v) is 24.7. The molecule has 1 atom stereocenters. The summed E-state index contributed by atoms with van der Waals surface area (Å²) in [5, 5.41) is 12.5. The molecule has 1 aromatic heterocycles. The molecule has 242 valence electrons. The van der Waals surface area contributed by atoms with Crippen LogP contribution in [-0.4, -0.2) is 45.4 Å². The molecule has 14 heteroatoms. The molecule has 2 aromatic carbocycles. The maximum Gasteiger partial charge on any atom is 0.430 e. The Hall–Kier alpha value is -4.33. The first-order chi connectivity index (χ1) is 20.9. The number of rotatable bonds is 10. The van der Waals surface area contributed by atoms with Crippen molar-refractivity contribution in [1.29, 1.82) is 0 Å². The van der Waals surface area contributed by atoms with E-state index in [1.54, 1.807) is 31.2 Å². The van der Waals surface area contributed by atoms with Gasteiger partial charge in [0.1, 0.15) is 17.2 Å². The SMILES string of the molecule is CCCc1cc(C(O)(C(F)(F)F)C(F)(F)F)ccc1Oc1cccc(CN2C(=O)NC(C)(c3ccc(OC(C)C)cn3)C2=O)c1. The van der Waals surface area contributed by atoms with Crippen LogP contribution in [0, 0.1) is 0 Å². The average molecular weight is 640 g/mol. The van der Waals surface area contributed by atoms with Crippen LogP contribution in [0.5, 0.6) is 17.2 Å². The largest absolute Gasteiger partial charge is 0.489 e. The van der Waals surface area contributed by atoms with E-state index in [9.17, 15) is 41.0 Å². The number of amides is 3. The number of pyridine rings is 1. The molecule has 3 aromatic rings. The standard InChI is InChI=1S/C31H31F6N3O5/c1-5-7-20-15-21(29(43,30(32,33)34)31(35,36)37)10-12-24(20)45-22-9-6-8-19(14-22)17-40-26(41)28(4,39-27(40)42)25-13-11-23(16-38-25)44-18(2)3/h6,8-16,18,43H,5,7,17H2,1-4H3,(H,39,42). The fraction of sp³-hybridized carbons (Fsp3) is 0.387. The fourth-order valence-electron chi connectivity index (χ4n) is 4.91. The topological polar surface area (TPSA) is 101 Å². The van der Waals surface area contributed by atoms with Crippen LogP contribution >= 0.6 is 0 Å². The van der Waals surface area contributed by atoms with E-state index in [1.165, 1.54) is 25.3 Å². The summed E-state index contributed by atoms with van der Waals surface area (Å²) in [6.07, 6.45) is -10.3. The van der Waals surface area contributed by atoms with Crippen molar-refractivity contribution in [3.8, 4) is 17.2 Å². The van der Waals surface area contributed by atoms with E-state index in [-0.39, 0.29) is 36.1 Å². The number of carbonyl (C=O) groups excluding carboxylic acids is 2. The molecule has 45 heavy (non-hydrogen) atoms. The van der Waals surface area contributed by atoms with Crippen molar-refractivity contribution >= 4 is 11.9 Å². The molecule has 1 aliphatic heterocycles. The number of imide groups is 1. The summed E-state index contributed by atoms with van der Waals surface area (Å²) >= 11 is 0. The zero-order valence-electron chi connectivity index (χ0n) is 24.7. The molecule has 0 aliphatic carbocycles. The van der Waals surface area contributed by atoms with Gasteiger partial charge in [-0.25, -0.2) is 4.79 Å². The lowest BCUT2D eigenvalue weighted by atomic mass is 9.90. The van der Waals surface area contributed by atoms with Crippen LogP contribution in [0.25, 0.3) is 0 Å². The monoisotopic (exact) mass is 639 g/mol. The molecule has 1 fully saturated rings. The van der Waals surface area contributed by atoms with Crippen LogP contribution < -0.4 is 14.8 Å². The second kappa shape index (κ2) is 12.2. The molecule has 0 radical (unpaired) electrons. The number of aliphatic hydroxyl groups is 1. The second-order valence-electron chi connectivity index (χ2n) is 11.0. The summed E-state index contributed by atoms with van der Waals surface area (Å²) in [5.74, 6) is 0.0575. The molecule has 0 bridgehead atoms. The van der Waals surface area contributed by atoms with Crippen molar-refractivity contribution in [1.82, 2.24) is 15.2 Å². The van der Waals surface area contributed by atoms with Gasteiger partial charge in [0.15, 0.2) is 5.54 Å². The Morgan fingerprint density at radius 2 is 1.67 bits per heavy atom. The first kappa shape index (κ1) is 33.6. The lowest BCUT2D eigenvalue weighted by Crippen LogP contribution is -2.53. The number of alkyl halides is 6. The van der Waals surface area contributed by atoms with Crippen molar-refractivity contribution in [2.45, 2.75) is 76.7 Å². The predicted molar refractivity (Wildman–Crippen MR) is 149 cm³/mol. The molecule has 2 N–H and O–H groups in total. The van der Waals surface area contributed by atoms with Crippen molar-refractivity contribution in [2.75, 3.05) is 0 Å². The third kappa shape index (κ3) is 6.56. The quantitative estimate of drug-likeness (QED) is 0.185. The molecule has 0 spiro atoms. The van der Waals surface area contributed by atoms with Crippen LogP contribution in [0.1, 0.15) is 56.5 Å². The van der Waals surface area contributed by atoms with Gasteiger partial charge in [-0.2, -0.15) is 26.3 Å². The first-order valence-corrected chi connectivity index (χ1v) is 13.9. The maximum absolute atomic E-state index is 13.5. The Morgan fingerprint density at radius 3 is 2.24 bits per heavy atom. The van der Waals surface area contributed by atoms with E-state index in [1.807, 2.05) is 13.8 Å². The summed E-state index contributed by atoms with van der Waals surface area (Å²) < 4.78 is 92.1. The zero-order chi connectivity index (χ0) is 33.4. The number of carbonyl (C=O) groups is 2. The minimum absolute atomic E-state index is 0.00880. The van der Waals surface area contributed by atoms with Crippen molar-refractivity contribution in [3.05, 3.63) is 83.2 Å². The second-order valence-corrected chi connectivity index (χ2v) is 11.0. The smallest absolute Gasteiger partial charge is 0.430 e. The summed E-state index contributed by atoms with van der Waals surface area (Å²) in [7, 11) is 0. The highest BCUT2D eigenvalue weighted by molar-refractivity contribution is 6.06. The van der Waals surface area contributed by atoms with Gasteiger partial charge in [0.2, 0.25) is 0 Å². The third-order valence-electron chi connectivity index (χ3n) is 7.18. The maximum atomic E-state index is 13.5. The van der Waals surface area contributed by atoms with Crippen LogP contribution in [0.3, 0.4) is 0 Å². The van der Waals surface area contributed by atoms with Crippen molar-refractivity contribution in [3.63, 3.8) is 0 Å². The van der Waals surface area contributed by atoms with Gasteiger partial charge in [0, 0.05) is 5.56 Å². The predicted octanol–water partition coefficient (Wildman–Crippen LogP) is 6.89. The molecular formula is C31H31F6N3O5. The summed E-state index contributed by atoms with van der Waals surface area (Å²) in [6.45, 7) is 6.73. The molecule has 2 heterocycles. The molecular weight excluding hydrogens is 608 g/mol. The number of benzene rings is 2. The Bertz CT molecular complexity index is 1540. The fourth-order valence-corrected chi connectivity index (χ4v) is 4.91. The van der Waals surface area contributed by atoms with E-state index < -0.39 is 41.0 Å². The number of halogens is 6. The molecule has 0 saturated carbocycles. The van der Waals surface area contributed by atoms with Gasteiger partial charge in [0.25, 0.3) is 11.5 Å². The number of nitrogens with one attached hydrogen (secondary N) is 1.